The molecule has 0 aliphatic carbocycles. The number of rotatable bonds is 6. The number of nitrogens with one attached hydrogen (secondary N) is 2. The summed E-state index contributed by atoms with van der Waals surface area (Å²) in [4.78, 5) is 41.2. The molecule has 0 radical (unpaired) electrons. The summed E-state index contributed by atoms with van der Waals surface area (Å²) in [6.45, 7) is 8.04. The highest BCUT2D eigenvalue weighted by atomic mass is 19.4. The van der Waals surface area contributed by atoms with Gasteiger partial charge in [-0.1, -0.05) is 13.8 Å². The van der Waals surface area contributed by atoms with Gasteiger partial charge in [-0.15, -0.1) is 5.10 Å². The van der Waals surface area contributed by atoms with Gasteiger partial charge >= 0.3 is 18.4 Å². The van der Waals surface area contributed by atoms with Crippen molar-refractivity contribution in [2.75, 3.05) is 0 Å². The highest BCUT2D eigenvalue weighted by molar-refractivity contribution is 5.93. The van der Waals surface area contributed by atoms with E-state index < -0.39 is 70.3 Å². The molecular weight excluding hydrogens is 538 g/mol. The molecule has 0 saturated heterocycles. The Labute approximate surface area is 218 Å². The van der Waals surface area contributed by atoms with Gasteiger partial charge in [0, 0.05) is 23.4 Å². The molecule has 16 heteroatoms. The number of amides is 3. The zero-order valence-electron chi connectivity index (χ0n) is 21.3. The first-order valence-corrected chi connectivity index (χ1v) is 11.2. The summed E-state index contributed by atoms with van der Waals surface area (Å²) >= 11 is 0. The summed E-state index contributed by atoms with van der Waals surface area (Å²) in [6, 6.07) is -0.257. The van der Waals surface area contributed by atoms with Crippen molar-refractivity contribution < 1.29 is 45.8 Å². The van der Waals surface area contributed by atoms with Gasteiger partial charge in [0.1, 0.15) is 12.4 Å². The Morgan fingerprint density at radius 3 is 1.95 bits per heavy atom. The molecule has 3 N–H and O–H groups in total. The molecular formula is C23H26F6N6O4. The van der Waals surface area contributed by atoms with Gasteiger partial charge in [-0.25, -0.2) is 14.5 Å². The molecule has 1 aromatic carbocycles. The van der Waals surface area contributed by atoms with E-state index in [9.17, 15) is 45.8 Å². The Morgan fingerprint density at radius 1 is 0.974 bits per heavy atom. The minimum atomic E-state index is -5.05. The number of carbonyl (C=O) groups excluding carboxylic acids is 2. The molecule has 0 fully saturated rings. The van der Waals surface area contributed by atoms with Crippen LogP contribution in [0, 0.1) is 5.92 Å². The first kappa shape index (κ1) is 31.1. The van der Waals surface area contributed by atoms with Crippen molar-refractivity contribution in [1.82, 2.24) is 30.5 Å². The van der Waals surface area contributed by atoms with E-state index in [1.54, 1.807) is 34.6 Å². The van der Waals surface area contributed by atoms with Crippen LogP contribution in [-0.4, -0.2) is 54.3 Å². The van der Waals surface area contributed by atoms with Gasteiger partial charge in [0.2, 0.25) is 0 Å². The van der Waals surface area contributed by atoms with Crippen LogP contribution in [0.5, 0.6) is 0 Å². The van der Waals surface area contributed by atoms with E-state index >= 15 is 0 Å². The first-order chi connectivity index (χ1) is 17.7. The fourth-order valence-corrected chi connectivity index (χ4v) is 3.49. The van der Waals surface area contributed by atoms with E-state index in [0.29, 0.717) is 12.1 Å². The fraction of sp³-hybridized carbons (Fsp3) is 0.435. The molecule has 10 nitrogen and oxygen atoms in total. The van der Waals surface area contributed by atoms with E-state index in [0.717, 1.165) is 28.2 Å². The molecule has 2 aromatic rings. The maximum absolute atomic E-state index is 13.1. The Kier molecular flexibility index (Phi) is 9.04. The molecule has 0 aliphatic heterocycles. The van der Waals surface area contributed by atoms with Crippen LogP contribution in [-0.2, 0) is 21.9 Å². The lowest BCUT2D eigenvalue weighted by molar-refractivity contribution is -0.143. The summed E-state index contributed by atoms with van der Waals surface area (Å²) < 4.78 is 79.5. The minimum absolute atomic E-state index is 0.0277. The molecule has 0 unspecified atom stereocenters. The number of carbonyl (C=O) groups is 3. The third-order valence-corrected chi connectivity index (χ3v) is 5.15. The van der Waals surface area contributed by atoms with Gasteiger partial charge < -0.3 is 5.11 Å². The largest absolute Gasteiger partial charge is 0.465 e. The molecule has 1 aromatic heterocycles. The molecule has 39 heavy (non-hydrogen) atoms. The zero-order chi connectivity index (χ0) is 29.9. The van der Waals surface area contributed by atoms with E-state index in [-0.39, 0.29) is 6.07 Å². The summed E-state index contributed by atoms with van der Waals surface area (Å²) in [7, 11) is 0. The normalized spacial score (nSPS) is 13.4. The average molecular weight is 564 g/mol. The molecule has 0 aliphatic rings. The van der Waals surface area contributed by atoms with Crippen molar-refractivity contribution in [3.8, 4) is 11.4 Å². The van der Waals surface area contributed by atoms with Crippen LogP contribution in [0.4, 0.5) is 31.1 Å². The number of halogens is 6. The van der Waals surface area contributed by atoms with E-state index in [1.165, 1.54) is 0 Å². The zero-order valence-corrected chi connectivity index (χ0v) is 21.3. The van der Waals surface area contributed by atoms with Gasteiger partial charge in [-0.05, 0) is 44.9 Å². The van der Waals surface area contributed by atoms with Gasteiger partial charge in [0.05, 0.1) is 11.1 Å². The Balaban J connectivity index is 2.17. The standard InChI is InChI=1S/C23H26F6N6O4/c1-12(2)17(35(20(38)39)21(3,4)5)19(37)32-31-16(36)6-7-34-11-30-18(33-34)13-8-14(22(24,25)26)10-15(9-13)23(27,28)29/h6-12,17H,1-5H3,(H,31,36)(H,32,37)(H,38,39)/t17-/m0/s1. The van der Waals surface area contributed by atoms with E-state index in [2.05, 4.69) is 20.9 Å². The summed E-state index contributed by atoms with van der Waals surface area (Å²) in [5.41, 5.74) is -0.380. The number of alkyl halides is 6. The van der Waals surface area contributed by atoms with Crippen LogP contribution in [0.1, 0.15) is 45.7 Å². The van der Waals surface area contributed by atoms with Gasteiger partial charge in [0.25, 0.3) is 11.8 Å². The average Bonchev–Trinajstić information content (AvgIpc) is 3.26. The van der Waals surface area contributed by atoms with E-state index in [4.69, 9.17) is 0 Å². The van der Waals surface area contributed by atoms with Crippen molar-refractivity contribution in [2.45, 2.75) is 58.6 Å². The minimum Gasteiger partial charge on any atom is -0.465 e. The second-order valence-electron chi connectivity index (χ2n) is 9.65. The van der Waals surface area contributed by atoms with Crippen molar-refractivity contribution in [3.05, 3.63) is 41.7 Å². The summed E-state index contributed by atoms with van der Waals surface area (Å²) in [5, 5.41) is 13.3. The number of hydrazine groups is 1. The van der Waals surface area contributed by atoms with Crippen LogP contribution in [0.2, 0.25) is 0 Å². The second-order valence-corrected chi connectivity index (χ2v) is 9.65. The smallest absolute Gasteiger partial charge is 0.416 e. The van der Waals surface area contributed by atoms with Crippen LogP contribution in [0.25, 0.3) is 17.6 Å². The Morgan fingerprint density at radius 2 is 1.51 bits per heavy atom. The molecule has 0 spiro atoms. The molecule has 3 amide bonds. The van der Waals surface area contributed by atoms with Crippen LogP contribution < -0.4 is 10.9 Å². The molecule has 214 valence electrons. The fourth-order valence-electron chi connectivity index (χ4n) is 3.49. The van der Waals surface area contributed by atoms with Crippen LogP contribution >= 0.6 is 0 Å². The monoisotopic (exact) mass is 564 g/mol. The quantitative estimate of drug-likeness (QED) is 0.271. The highest BCUT2D eigenvalue weighted by Gasteiger charge is 2.40. The maximum atomic E-state index is 13.1. The topological polar surface area (TPSA) is 129 Å². The second kappa shape index (κ2) is 11.3. The van der Waals surface area contributed by atoms with Crippen molar-refractivity contribution in [1.29, 1.82) is 0 Å². The number of nitrogens with zero attached hydrogens (tertiary/aromatic N) is 4. The number of carboxylic acid groups (broad SMARTS) is 1. The van der Waals surface area contributed by atoms with Crippen molar-refractivity contribution in [2.24, 2.45) is 5.92 Å². The number of hydrogen-bond acceptors (Lipinski definition) is 5. The third kappa shape index (κ3) is 8.19. The van der Waals surface area contributed by atoms with Crippen molar-refractivity contribution in [3.63, 3.8) is 0 Å². The third-order valence-electron chi connectivity index (χ3n) is 5.15. The van der Waals surface area contributed by atoms with Gasteiger partial charge in [-0.2, -0.15) is 26.3 Å². The van der Waals surface area contributed by atoms with Crippen LogP contribution in [0.15, 0.2) is 30.6 Å². The Bertz CT molecular complexity index is 1210. The summed E-state index contributed by atoms with van der Waals surface area (Å²) in [5.74, 6) is -2.65. The van der Waals surface area contributed by atoms with E-state index in [1.807, 2.05) is 0 Å². The number of benzene rings is 1. The number of aromatic nitrogens is 3. The number of hydrogen-bond donors (Lipinski definition) is 3. The van der Waals surface area contributed by atoms with Crippen LogP contribution in [0.3, 0.4) is 0 Å². The molecule has 2 rings (SSSR count). The molecule has 0 bridgehead atoms. The lowest BCUT2D eigenvalue weighted by Crippen LogP contribution is -2.60. The maximum Gasteiger partial charge on any atom is 0.416 e. The molecule has 1 atom stereocenters. The summed E-state index contributed by atoms with van der Waals surface area (Å²) in [6.07, 6.45) is -8.68. The first-order valence-electron chi connectivity index (χ1n) is 11.2. The lowest BCUT2D eigenvalue weighted by Gasteiger charge is -2.40. The highest BCUT2D eigenvalue weighted by Crippen LogP contribution is 2.38. The van der Waals surface area contributed by atoms with Gasteiger partial charge in [-0.3, -0.25) is 25.3 Å². The molecule has 0 saturated carbocycles. The predicted octanol–water partition coefficient (Wildman–Crippen LogP) is 4.40. The predicted molar refractivity (Wildman–Crippen MR) is 125 cm³/mol. The lowest BCUT2D eigenvalue weighted by atomic mass is 9.96. The van der Waals surface area contributed by atoms with Gasteiger partial charge in [0.15, 0.2) is 5.82 Å². The SMILES string of the molecule is CC(C)[C@@H](C(=O)NNC(=O)C=Cn1cnc(-c2cc(C(F)(F)F)cc(C(F)(F)F)c2)n1)N(C(=O)O)C(C)(C)C. The Hall–Kier alpha value is -4.11. The molecule has 1 heterocycles. The van der Waals surface area contributed by atoms with Crippen molar-refractivity contribution >= 4 is 24.1 Å².